The number of nitrogens with zero attached hydrogens (tertiary/aromatic N) is 2. The maximum atomic E-state index is 12.1. The molecule has 0 radical (unpaired) electrons. The number of rotatable bonds is 5. The van der Waals surface area contributed by atoms with Gasteiger partial charge in [0.2, 0.25) is 11.7 Å². The summed E-state index contributed by atoms with van der Waals surface area (Å²) in [5.41, 5.74) is 2.10. The van der Waals surface area contributed by atoms with Crippen LogP contribution < -0.4 is 0 Å². The minimum absolute atomic E-state index is 0.0760. The van der Waals surface area contributed by atoms with E-state index < -0.39 is 18.6 Å². The molecule has 1 aromatic heterocycles. The van der Waals surface area contributed by atoms with Gasteiger partial charge in [0.05, 0.1) is 6.42 Å². The Kier molecular flexibility index (Phi) is 3.99. The van der Waals surface area contributed by atoms with Gasteiger partial charge >= 0.3 is 0 Å². The maximum Gasteiger partial charge on any atom is 0.296 e. The molecule has 0 unspecified atom stereocenters. The summed E-state index contributed by atoms with van der Waals surface area (Å²) in [4.78, 5) is 14.8. The number of hydrogen-bond acceptors (Lipinski definition) is 4. The topological polar surface area (TPSA) is 56.0 Å². The lowest BCUT2D eigenvalue weighted by Crippen LogP contribution is -2.13. The molecule has 1 heterocycles. The number of carbonyl (C=O) groups excluding carboxylic acids is 1. The van der Waals surface area contributed by atoms with Gasteiger partial charge in [-0.25, -0.2) is 8.78 Å². The lowest BCUT2D eigenvalue weighted by atomic mass is 10.1. The average Bonchev–Trinajstić information content (AvgIpc) is 2.76. The van der Waals surface area contributed by atoms with E-state index in [-0.39, 0.29) is 5.89 Å². The predicted molar refractivity (Wildman–Crippen MR) is 63.0 cm³/mol. The highest BCUT2D eigenvalue weighted by molar-refractivity contribution is 5.82. The number of hydrogen-bond donors (Lipinski definition) is 0. The van der Waals surface area contributed by atoms with Crippen LogP contribution in [0.15, 0.2) is 28.8 Å². The molecule has 4 nitrogen and oxygen atoms in total. The van der Waals surface area contributed by atoms with Gasteiger partial charge in [0.1, 0.15) is 0 Å². The van der Waals surface area contributed by atoms with Crippen molar-refractivity contribution < 1.29 is 18.1 Å². The molecule has 6 heteroatoms. The second-order valence-corrected chi connectivity index (χ2v) is 4.21. The molecule has 2 rings (SSSR count). The zero-order valence-electron chi connectivity index (χ0n) is 10.3. The van der Waals surface area contributed by atoms with Crippen LogP contribution in [0.3, 0.4) is 0 Å². The van der Waals surface area contributed by atoms with Gasteiger partial charge in [-0.3, -0.25) is 4.79 Å². The third-order valence-electron chi connectivity index (χ3n) is 2.52. The normalized spacial score (nSPS) is 10.9. The lowest BCUT2D eigenvalue weighted by Gasteiger charge is -1.97. The maximum absolute atomic E-state index is 12.1. The van der Waals surface area contributed by atoms with E-state index in [0.29, 0.717) is 12.2 Å². The molecule has 0 saturated heterocycles. The second-order valence-electron chi connectivity index (χ2n) is 4.21. The number of halogens is 2. The Labute approximate surface area is 108 Å². The number of aryl methyl sites for hydroxylation is 1. The third kappa shape index (κ3) is 3.67. The van der Waals surface area contributed by atoms with Crippen molar-refractivity contribution in [2.45, 2.75) is 26.2 Å². The summed E-state index contributed by atoms with van der Waals surface area (Å²) in [6.45, 7) is 1.96. The number of carbonyl (C=O) groups is 1. The van der Waals surface area contributed by atoms with Crippen LogP contribution in [0.4, 0.5) is 8.78 Å². The summed E-state index contributed by atoms with van der Waals surface area (Å²) in [5, 5.41) is 3.67. The molecule has 0 aliphatic rings. The smallest absolute Gasteiger partial charge is 0.296 e. The Morgan fingerprint density at radius 3 is 2.89 bits per heavy atom. The Morgan fingerprint density at radius 1 is 1.42 bits per heavy atom. The van der Waals surface area contributed by atoms with Crippen molar-refractivity contribution in [1.82, 2.24) is 10.1 Å². The molecule has 19 heavy (non-hydrogen) atoms. The van der Waals surface area contributed by atoms with E-state index in [2.05, 4.69) is 10.1 Å². The van der Waals surface area contributed by atoms with E-state index in [1.54, 1.807) is 0 Å². The van der Waals surface area contributed by atoms with Crippen molar-refractivity contribution in [3.05, 3.63) is 47.1 Å². The number of alkyl halides is 2. The first-order valence-electron chi connectivity index (χ1n) is 5.72. The van der Waals surface area contributed by atoms with Gasteiger partial charge in [0, 0.05) is 6.42 Å². The second kappa shape index (κ2) is 5.69. The van der Waals surface area contributed by atoms with E-state index in [0.717, 1.165) is 11.1 Å². The van der Waals surface area contributed by atoms with Gasteiger partial charge in [0.25, 0.3) is 6.43 Å². The summed E-state index contributed by atoms with van der Waals surface area (Å²) in [5.74, 6) is -0.915. The number of benzene rings is 1. The molecule has 0 atom stereocenters. The zero-order valence-corrected chi connectivity index (χ0v) is 10.3. The van der Waals surface area contributed by atoms with Gasteiger partial charge in [-0.1, -0.05) is 35.0 Å². The predicted octanol–water partition coefficient (Wildman–Crippen LogP) is 2.35. The highest BCUT2D eigenvalue weighted by Crippen LogP contribution is 2.10. The molecule has 0 saturated carbocycles. The van der Waals surface area contributed by atoms with Crippen LogP contribution in [0.1, 0.15) is 22.8 Å². The number of Topliss-reactive ketones (excluding diaryl/α,β-unsaturated/α-hetero) is 1. The quantitative estimate of drug-likeness (QED) is 0.833. The molecule has 0 fully saturated rings. The van der Waals surface area contributed by atoms with Gasteiger partial charge in [-0.05, 0) is 12.5 Å². The van der Waals surface area contributed by atoms with Gasteiger partial charge in [0.15, 0.2) is 5.82 Å². The lowest BCUT2D eigenvalue weighted by molar-refractivity contribution is -0.129. The Bertz CT molecular complexity index is 582. The molecular formula is C13H12F2N2O2. The fourth-order valence-corrected chi connectivity index (χ4v) is 1.66. The van der Waals surface area contributed by atoms with Crippen LogP contribution in [0.25, 0.3) is 0 Å². The summed E-state index contributed by atoms with van der Waals surface area (Å²) >= 11 is 0. The summed E-state index contributed by atoms with van der Waals surface area (Å²) in [6.07, 6.45) is -3.10. The molecule has 0 aliphatic carbocycles. The molecule has 0 aliphatic heterocycles. The van der Waals surface area contributed by atoms with E-state index >= 15 is 0 Å². The van der Waals surface area contributed by atoms with E-state index in [9.17, 15) is 13.6 Å². The summed E-state index contributed by atoms with van der Waals surface area (Å²) < 4.78 is 28.9. The fraction of sp³-hybridized carbons (Fsp3) is 0.308. The standard InChI is InChI=1S/C13H12F2N2O2/c1-8-3-2-4-9(5-8)6-11-16-12(19-17-11)7-10(18)13(14)15/h2-5,13H,6-7H2,1H3. The summed E-state index contributed by atoms with van der Waals surface area (Å²) in [6, 6.07) is 7.76. The van der Waals surface area contributed by atoms with Crippen molar-refractivity contribution in [1.29, 1.82) is 0 Å². The molecule has 0 amide bonds. The van der Waals surface area contributed by atoms with Crippen molar-refractivity contribution in [3.63, 3.8) is 0 Å². The SMILES string of the molecule is Cc1cccc(Cc2noc(CC(=O)C(F)F)n2)c1. The molecule has 0 bridgehead atoms. The van der Waals surface area contributed by atoms with Gasteiger partial charge in [-0.2, -0.15) is 4.98 Å². The fourth-order valence-electron chi connectivity index (χ4n) is 1.66. The number of ketones is 1. The van der Waals surface area contributed by atoms with Crippen molar-refractivity contribution in [2.75, 3.05) is 0 Å². The third-order valence-corrected chi connectivity index (χ3v) is 2.52. The molecule has 0 spiro atoms. The van der Waals surface area contributed by atoms with Crippen LogP contribution in [0, 0.1) is 6.92 Å². The van der Waals surface area contributed by atoms with E-state index in [1.807, 2.05) is 31.2 Å². The van der Waals surface area contributed by atoms with E-state index in [4.69, 9.17) is 4.52 Å². The minimum Gasteiger partial charge on any atom is -0.339 e. The first kappa shape index (κ1) is 13.3. The molecular weight excluding hydrogens is 254 g/mol. The van der Waals surface area contributed by atoms with Crippen molar-refractivity contribution >= 4 is 5.78 Å². The molecule has 0 N–H and O–H groups in total. The first-order chi connectivity index (χ1) is 9.04. The van der Waals surface area contributed by atoms with Gasteiger partial charge in [-0.15, -0.1) is 0 Å². The molecule has 2 aromatic rings. The Hall–Kier alpha value is -2.11. The van der Waals surface area contributed by atoms with Crippen LogP contribution >= 0.6 is 0 Å². The van der Waals surface area contributed by atoms with Crippen LogP contribution in [-0.2, 0) is 17.6 Å². The van der Waals surface area contributed by atoms with Crippen LogP contribution in [-0.4, -0.2) is 22.3 Å². The number of aromatic nitrogens is 2. The van der Waals surface area contributed by atoms with Crippen molar-refractivity contribution in [3.8, 4) is 0 Å². The van der Waals surface area contributed by atoms with Crippen LogP contribution in [0.2, 0.25) is 0 Å². The first-order valence-corrected chi connectivity index (χ1v) is 5.72. The van der Waals surface area contributed by atoms with E-state index in [1.165, 1.54) is 0 Å². The van der Waals surface area contributed by atoms with Gasteiger partial charge < -0.3 is 4.52 Å². The highest BCUT2D eigenvalue weighted by atomic mass is 19.3. The molecule has 100 valence electrons. The highest BCUT2D eigenvalue weighted by Gasteiger charge is 2.19. The average molecular weight is 266 g/mol. The monoisotopic (exact) mass is 266 g/mol. The zero-order chi connectivity index (χ0) is 13.8. The van der Waals surface area contributed by atoms with Crippen molar-refractivity contribution in [2.24, 2.45) is 0 Å². The van der Waals surface area contributed by atoms with Crippen LogP contribution in [0.5, 0.6) is 0 Å². The Balaban J connectivity index is 2.03. The summed E-state index contributed by atoms with van der Waals surface area (Å²) in [7, 11) is 0. The minimum atomic E-state index is -3.01. The Morgan fingerprint density at radius 2 is 2.21 bits per heavy atom. The molecule has 1 aromatic carbocycles. The largest absolute Gasteiger partial charge is 0.339 e.